The highest BCUT2D eigenvalue weighted by Crippen LogP contribution is 2.22. The number of aryl methyl sites for hydroxylation is 1. The summed E-state index contributed by atoms with van der Waals surface area (Å²) in [7, 11) is 0. The van der Waals surface area contributed by atoms with E-state index in [1.165, 1.54) is 11.1 Å². The van der Waals surface area contributed by atoms with Gasteiger partial charge in [0.25, 0.3) is 5.91 Å². The fourth-order valence-electron chi connectivity index (χ4n) is 1.69. The standard InChI is InChI=1S/C13H14N2O2S/c1-3-11-9(2)18-8-12(11)13(16)15-14-7-10-5-4-6-17-10/h4-8H,3H2,1-2H3,(H,15,16)/b14-7+. The molecule has 0 saturated heterocycles. The molecule has 0 unspecified atom stereocenters. The number of furan rings is 1. The Kier molecular flexibility index (Phi) is 3.94. The summed E-state index contributed by atoms with van der Waals surface area (Å²) in [4.78, 5) is 13.1. The quantitative estimate of drug-likeness (QED) is 0.680. The average Bonchev–Trinajstić information content (AvgIpc) is 2.98. The lowest BCUT2D eigenvalue weighted by Gasteiger charge is -2.01. The molecule has 0 aliphatic carbocycles. The normalized spacial score (nSPS) is 11.0. The molecule has 1 N–H and O–H groups in total. The van der Waals surface area contributed by atoms with Crippen molar-refractivity contribution in [3.05, 3.63) is 45.5 Å². The van der Waals surface area contributed by atoms with Crippen LogP contribution in [0.5, 0.6) is 0 Å². The molecule has 0 spiro atoms. The summed E-state index contributed by atoms with van der Waals surface area (Å²) < 4.78 is 5.07. The van der Waals surface area contributed by atoms with Crippen LogP contribution < -0.4 is 5.43 Å². The number of carbonyl (C=O) groups excluding carboxylic acids is 1. The summed E-state index contributed by atoms with van der Waals surface area (Å²) in [6.45, 7) is 4.06. The largest absolute Gasteiger partial charge is 0.463 e. The topological polar surface area (TPSA) is 54.6 Å². The summed E-state index contributed by atoms with van der Waals surface area (Å²) in [5.74, 6) is 0.423. The van der Waals surface area contributed by atoms with Crippen LogP contribution in [-0.4, -0.2) is 12.1 Å². The minimum absolute atomic E-state index is 0.181. The van der Waals surface area contributed by atoms with Gasteiger partial charge in [-0.3, -0.25) is 4.79 Å². The zero-order chi connectivity index (χ0) is 13.0. The number of nitrogens with zero attached hydrogens (tertiary/aromatic N) is 1. The molecule has 2 aromatic heterocycles. The molecular formula is C13H14N2O2S. The number of rotatable bonds is 4. The van der Waals surface area contributed by atoms with Gasteiger partial charge in [0.2, 0.25) is 0 Å². The lowest BCUT2D eigenvalue weighted by atomic mass is 10.1. The second-order valence-corrected chi connectivity index (χ2v) is 4.84. The maximum Gasteiger partial charge on any atom is 0.272 e. The number of hydrogen-bond acceptors (Lipinski definition) is 4. The molecule has 2 heterocycles. The van der Waals surface area contributed by atoms with Crippen LogP contribution in [0.3, 0.4) is 0 Å². The van der Waals surface area contributed by atoms with E-state index in [0.29, 0.717) is 11.3 Å². The van der Waals surface area contributed by atoms with Gasteiger partial charge in [0.1, 0.15) is 5.76 Å². The Morgan fingerprint density at radius 1 is 1.61 bits per heavy atom. The molecule has 0 fully saturated rings. The molecule has 5 heteroatoms. The molecule has 1 amide bonds. The molecule has 2 rings (SSSR count). The van der Waals surface area contributed by atoms with Crippen molar-refractivity contribution in [2.24, 2.45) is 5.10 Å². The maximum atomic E-state index is 11.9. The van der Waals surface area contributed by atoms with Crippen molar-refractivity contribution in [2.75, 3.05) is 0 Å². The van der Waals surface area contributed by atoms with Crippen molar-refractivity contribution in [3.63, 3.8) is 0 Å². The molecule has 0 radical (unpaired) electrons. The fourth-order valence-corrected chi connectivity index (χ4v) is 2.63. The molecule has 0 bridgehead atoms. The van der Waals surface area contributed by atoms with Crippen LogP contribution in [0.4, 0.5) is 0 Å². The number of nitrogens with one attached hydrogen (secondary N) is 1. The summed E-state index contributed by atoms with van der Waals surface area (Å²) >= 11 is 1.58. The molecule has 0 aromatic carbocycles. The first-order valence-corrected chi connectivity index (χ1v) is 6.54. The third-order valence-corrected chi connectivity index (χ3v) is 3.56. The van der Waals surface area contributed by atoms with Crippen LogP contribution in [0.2, 0.25) is 0 Å². The summed E-state index contributed by atoms with van der Waals surface area (Å²) in [5, 5.41) is 5.73. The smallest absolute Gasteiger partial charge is 0.272 e. The van der Waals surface area contributed by atoms with Gasteiger partial charge in [0.05, 0.1) is 18.0 Å². The van der Waals surface area contributed by atoms with E-state index >= 15 is 0 Å². The monoisotopic (exact) mass is 262 g/mol. The minimum Gasteiger partial charge on any atom is -0.463 e. The van der Waals surface area contributed by atoms with Crippen molar-refractivity contribution in [2.45, 2.75) is 20.3 Å². The molecule has 94 valence electrons. The van der Waals surface area contributed by atoms with E-state index in [-0.39, 0.29) is 5.91 Å². The van der Waals surface area contributed by atoms with Crippen molar-refractivity contribution >= 4 is 23.5 Å². The molecule has 0 aliphatic heterocycles. The maximum absolute atomic E-state index is 11.9. The third-order valence-electron chi connectivity index (χ3n) is 2.60. The highest BCUT2D eigenvalue weighted by atomic mass is 32.1. The Morgan fingerprint density at radius 2 is 2.44 bits per heavy atom. The first kappa shape index (κ1) is 12.6. The Balaban J connectivity index is 2.04. The second-order valence-electron chi connectivity index (χ2n) is 3.75. The second kappa shape index (κ2) is 5.64. The van der Waals surface area contributed by atoms with Crippen molar-refractivity contribution in [1.82, 2.24) is 5.43 Å². The van der Waals surface area contributed by atoms with Gasteiger partial charge in [-0.15, -0.1) is 11.3 Å². The number of hydrazone groups is 1. The molecule has 0 atom stereocenters. The van der Waals surface area contributed by atoms with Gasteiger partial charge < -0.3 is 4.42 Å². The third kappa shape index (κ3) is 2.68. The van der Waals surface area contributed by atoms with E-state index in [1.807, 2.05) is 19.2 Å². The SMILES string of the molecule is CCc1c(C(=O)N/N=C/c2ccco2)csc1C. The highest BCUT2D eigenvalue weighted by molar-refractivity contribution is 7.10. The van der Waals surface area contributed by atoms with Gasteiger partial charge in [-0.1, -0.05) is 6.92 Å². The molecule has 2 aromatic rings. The van der Waals surface area contributed by atoms with E-state index < -0.39 is 0 Å². The van der Waals surface area contributed by atoms with Gasteiger partial charge in [-0.2, -0.15) is 5.10 Å². The Labute approximate surface area is 109 Å². The first-order valence-electron chi connectivity index (χ1n) is 5.66. The van der Waals surface area contributed by atoms with Crippen molar-refractivity contribution in [3.8, 4) is 0 Å². The van der Waals surface area contributed by atoms with Gasteiger partial charge in [-0.25, -0.2) is 5.43 Å². The van der Waals surface area contributed by atoms with E-state index in [0.717, 1.165) is 12.0 Å². The van der Waals surface area contributed by atoms with Gasteiger partial charge in [-0.05, 0) is 31.0 Å². The Hall–Kier alpha value is -1.88. The minimum atomic E-state index is -0.181. The lowest BCUT2D eigenvalue weighted by molar-refractivity contribution is 0.0954. The van der Waals surface area contributed by atoms with Crippen LogP contribution in [0.15, 0.2) is 33.3 Å². The van der Waals surface area contributed by atoms with Gasteiger partial charge >= 0.3 is 0 Å². The van der Waals surface area contributed by atoms with Crippen molar-refractivity contribution < 1.29 is 9.21 Å². The number of carbonyl (C=O) groups is 1. The number of amides is 1. The predicted molar refractivity (Wildman–Crippen MR) is 72.2 cm³/mol. The van der Waals surface area contributed by atoms with Crippen molar-refractivity contribution in [1.29, 1.82) is 0 Å². The summed E-state index contributed by atoms with van der Waals surface area (Å²) in [5.41, 5.74) is 4.30. The van der Waals surface area contributed by atoms with E-state index in [2.05, 4.69) is 10.5 Å². The number of hydrogen-bond donors (Lipinski definition) is 1. The van der Waals surface area contributed by atoms with Gasteiger partial charge in [0, 0.05) is 10.3 Å². The van der Waals surface area contributed by atoms with E-state index in [4.69, 9.17) is 4.42 Å². The van der Waals surface area contributed by atoms with Crippen LogP contribution in [0, 0.1) is 6.92 Å². The Morgan fingerprint density at radius 3 is 3.11 bits per heavy atom. The zero-order valence-corrected chi connectivity index (χ0v) is 11.1. The molecular weight excluding hydrogens is 248 g/mol. The van der Waals surface area contributed by atoms with Crippen LogP contribution in [0.1, 0.15) is 33.5 Å². The van der Waals surface area contributed by atoms with E-state index in [1.54, 1.807) is 29.7 Å². The predicted octanol–water partition coefficient (Wildman–Crippen LogP) is 2.98. The molecule has 4 nitrogen and oxygen atoms in total. The van der Waals surface area contributed by atoms with Crippen LogP contribution in [0.25, 0.3) is 0 Å². The van der Waals surface area contributed by atoms with E-state index in [9.17, 15) is 4.79 Å². The summed E-state index contributed by atoms with van der Waals surface area (Å²) in [6.07, 6.45) is 3.88. The number of thiophene rings is 1. The van der Waals surface area contributed by atoms with Gasteiger partial charge in [0.15, 0.2) is 0 Å². The molecule has 18 heavy (non-hydrogen) atoms. The zero-order valence-electron chi connectivity index (χ0n) is 10.3. The van der Waals surface area contributed by atoms with Crippen LogP contribution in [-0.2, 0) is 6.42 Å². The fraction of sp³-hybridized carbons (Fsp3) is 0.231. The lowest BCUT2D eigenvalue weighted by Crippen LogP contribution is -2.18. The average molecular weight is 262 g/mol. The molecule has 0 aliphatic rings. The highest BCUT2D eigenvalue weighted by Gasteiger charge is 2.13. The van der Waals surface area contributed by atoms with Crippen LogP contribution >= 0.6 is 11.3 Å². The first-order chi connectivity index (χ1) is 8.72. The molecule has 0 saturated carbocycles. The summed E-state index contributed by atoms with van der Waals surface area (Å²) in [6, 6.07) is 3.53. The Bertz CT molecular complexity index is 556.